The summed E-state index contributed by atoms with van der Waals surface area (Å²) in [5, 5.41) is 10.9. The zero-order valence-corrected chi connectivity index (χ0v) is 13.4. The van der Waals surface area contributed by atoms with Gasteiger partial charge in [0.2, 0.25) is 0 Å². The van der Waals surface area contributed by atoms with Gasteiger partial charge in [-0.05, 0) is 51.1 Å². The van der Waals surface area contributed by atoms with E-state index in [1.807, 2.05) is 44.2 Å². The molecule has 0 aliphatic heterocycles. The monoisotopic (exact) mass is 335 g/mol. The number of halogens is 1. The minimum Gasteiger partial charge on any atom is -0.485 e. The average molecular weight is 336 g/mol. The topological polar surface area (TPSA) is 42.4 Å². The predicted molar refractivity (Wildman–Crippen MR) is 82.7 cm³/mol. The fraction of sp³-hybridized carbons (Fsp3) is 0.312. The lowest BCUT2D eigenvalue weighted by Gasteiger charge is -2.40. The highest BCUT2D eigenvalue weighted by atomic mass is 79.9. The molecule has 0 aliphatic rings. The van der Waals surface area contributed by atoms with Crippen LogP contribution in [0.15, 0.2) is 53.3 Å². The van der Waals surface area contributed by atoms with Crippen molar-refractivity contribution in [2.45, 2.75) is 32.0 Å². The first-order valence-corrected chi connectivity index (χ1v) is 7.20. The van der Waals surface area contributed by atoms with Gasteiger partial charge in [0, 0.05) is 22.4 Å². The van der Waals surface area contributed by atoms with Crippen molar-refractivity contribution in [3.63, 3.8) is 0 Å². The maximum absolute atomic E-state index is 10.9. The summed E-state index contributed by atoms with van der Waals surface area (Å²) in [6, 6.07) is 11.2. The summed E-state index contributed by atoms with van der Waals surface area (Å²) in [7, 11) is 0. The molecule has 3 nitrogen and oxygen atoms in total. The third kappa shape index (κ3) is 3.02. The normalized spacial score (nSPS) is 14.7. The molecular weight excluding hydrogens is 318 g/mol. The van der Waals surface area contributed by atoms with E-state index in [9.17, 15) is 5.11 Å². The Morgan fingerprint density at radius 3 is 2.30 bits per heavy atom. The number of pyridine rings is 1. The van der Waals surface area contributed by atoms with Crippen molar-refractivity contribution in [1.29, 1.82) is 0 Å². The van der Waals surface area contributed by atoms with E-state index in [-0.39, 0.29) is 0 Å². The second-order valence-electron chi connectivity index (χ2n) is 5.38. The van der Waals surface area contributed by atoms with Crippen LogP contribution < -0.4 is 4.74 Å². The van der Waals surface area contributed by atoms with Crippen LogP contribution in [-0.2, 0) is 5.60 Å². The number of aromatic nitrogens is 1. The van der Waals surface area contributed by atoms with Crippen LogP contribution in [0.1, 0.15) is 26.3 Å². The van der Waals surface area contributed by atoms with E-state index in [2.05, 4.69) is 20.9 Å². The summed E-state index contributed by atoms with van der Waals surface area (Å²) in [5.74, 6) is 0.711. The largest absolute Gasteiger partial charge is 0.485 e. The van der Waals surface area contributed by atoms with E-state index in [1.165, 1.54) is 0 Å². The van der Waals surface area contributed by atoms with Gasteiger partial charge in [-0.3, -0.25) is 4.98 Å². The van der Waals surface area contributed by atoms with E-state index in [4.69, 9.17) is 4.74 Å². The lowest BCUT2D eigenvalue weighted by molar-refractivity contribution is -0.109. The molecule has 1 N–H and O–H groups in total. The molecule has 1 aromatic heterocycles. The van der Waals surface area contributed by atoms with Crippen LogP contribution in [0.25, 0.3) is 0 Å². The second-order valence-corrected chi connectivity index (χ2v) is 6.30. The minimum absolute atomic E-state index is 0.711. The fourth-order valence-electron chi connectivity index (χ4n) is 1.89. The number of benzene rings is 1. The average Bonchev–Trinajstić information content (AvgIpc) is 2.42. The van der Waals surface area contributed by atoms with Crippen molar-refractivity contribution >= 4 is 15.9 Å². The first-order chi connectivity index (χ1) is 9.33. The molecule has 1 aromatic carbocycles. The molecule has 2 aromatic rings. The molecule has 4 heteroatoms. The van der Waals surface area contributed by atoms with Crippen molar-refractivity contribution in [2.75, 3.05) is 0 Å². The van der Waals surface area contributed by atoms with Gasteiger partial charge in [-0.25, -0.2) is 0 Å². The summed E-state index contributed by atoms with van der Waals surface area (Å²) < 4.78 is 6.97. The van der Waals surface area contributed by atoms with Gasteiger partial charge in [-0.15, -0.1) is 0 Å². The number of hydrogen-bond acceptors (Lipinski definition) is 3. The number of nitrogens with zero attached hydrogens (tertiary/aromatic N) is 1. The summed E-state index contributed by atoms with van der Waals surface area (Å²) in [5.41, 5.74) is -1.24. The Labute approximate surface area is 127 Å². The number of ether oxygens (including phenoxy) is 1. The smallest absolute Gasteiger partial charge is 0.136 e. The van der Waals surface area contributed by atoms with Gasteiger partial charge in [-0.1, -0.05) is 22.0 Å². The van der Waals surface area contributed by atoms with E-state index in [0.29, 0.717) is 5.75 Å². The van der Waals surface area contributed by atoms with Crippen molar-refractivity contribution < 1.29 is 9.84 Å². The van der Waals surface area contributed by atoms with Gasteiger partial charge in [0.1, 0.15) is 17.0 Å². The van der Waals surface area contributed by atoms with Crippen LogP contribution in [0.2, 0.25) is 0 Å². The van der Waals surface area contributed by atoms with Gasteiger partial charge >= 0.3 is 0 Å². The molecule has 0 radical (unpaired) electrons. The maximum atomic E-state index is 10.9. The summed E-state index contributed by atoms with van der Waals surface area (Å²) in [6.07, 6.45) is 3.34. The Hall–Kier alpha value is -1.39. The summed E-state index contributed by atoms with van der Waals surface area (Å²) in [6.45, 7) is 5.47. The van der Waals surface area contributed by atoms with Crippen LogP contribution in [0.4, 0.5) is 0 Å². The van der Waals surface area contributed by atoms with Crippen LogP contribution in [0, 0.1) is 0 Å². The van der Waals surface area contributed by atoms with Crippen LogP contribution in [0.3, 0.4) is 0 Å². The molecule has 106 valence electrons. The molecule has 0 saturated heterocycles. The van der Waals surface area contributed by atoms with Gasteiger partial charge in [0.05, 0.1) is 0 Å². The second kappa shape index (κ2) is 5.54. The van der Waals surface area contributed by atoms with Gasteiger partial charge in [0.15, 0.2) is 0 Å². The zero-order chi connectivity index (χ0) is 14.8. The molecule has 0 amide bonds. The Morgan fingerprint density at radius 2 is 1.75 bits per heavy atom. The van der Waals surface area contributed by atoms with E-state index >= 15 is 0 Å². The highest BCUT2D eigenvalue weighted by molar-refractivity contribution is 9.10. The molecule has 1 unspecified atom stereocenters. The molecule has 0 aliphatic carbocycles. The van der Waals surface area contributed by atoms with Crippen LogP contribution in [0.5, 0.6) is 5.75 Å². The molecule has 0 bridgehead atoms. The van der Waals surface area contributed by atoms with E-state index in [0.717, 1.165) is 10.0 Å². The zero-order valence-electron chi connectivity index (χ0n) is 11.8. The van der Waals surface area contributed by atoms with Crippen molar-refractivity contribution in [1.82, 2.24) is 4.98 Å². The fourth-order valence-corrected chi connectivity index (χ4v) is 2.16. The van der Waals surface area contributed by atoms with Gasteiger partial charge in [0.25, 0.3) is 0 Å². The molecule has 1 atom stereocenters. The Morgan fingerprint density at radius 1 is 1.10 bits per heavy atom. The lowest BCUT2D eigenvalue weighted by Crippen LogP contribution is -2.49. The molecule has 0 spiro atoms. The van der Waals surface area contributed by atoms with E-state index in [1.54, 1.807) is 25.4 Å². The Balaban J connectivity index is 2.27. The summed E-state index contributed by atoms with van der Waals surface area (Å²) in [4.78, 5) is 4.06. The Bertz CT molecular complexity index is 565. The standard InChI is InChI=1S/C16H18BrNO2/c1-15(2,20-14-8-6-13(17)7-9-14)16(3,19)12-5-4-10-18-11-12/h4-11,19H,1-3H3. The predicted octanol–water partition coefficient (Wildman–Crippen LogP) is 3.91. The minimum atomic E-state index is -1.16. The third-order valence-electron chi connectivity index (χ3n) is 3.58. The maximum Gasteiger partial charge on any atom is 0.136 e. The first-order valence-electron chi connectivity index (χ1n) is 6.40. The number of rotatable bonds is 4. The molecule has 1 heterocycles. The summed E-state index contributed by atoms with van der Waals surface area (Å²) >= 11 is 3.39. The first kappa shape index (κ1) is 15.0. The van der Waals surface area contributed by atoms with Crippen molar-refractivity contribution in [2.24, 2.45) is 0 Å². The van der Waals surface area contributed by atoms with Crippen LogP contribution in [-0.4, -0.2) is 15.7 Å². The molecule has 20 heavy (non-hydrogen) atoms. The molecule has 0 fully saturated rings. The van der Waals surface area contributed by atoms with Gasteiger partial charge in [-0.2, -0.15) is 0 Å². The lowest BCUT2D eigenvalue weighted by atomic mass is 9.82. The third-order valence-corrected chi connectivity index (χ3v) is 4.11. The van der Waals surface area contributed by atoms with Crippen molar-refractivity contribution in [3.8, 4) is 5.75 Å². The SMILES string of the molecule is CC(C)(Oc1ccc(Br)cc1)C(C)(O)c1cccnc1. The quantitative estimate of drug-likeness (QED) is 0.920. The highest BCUT2D eigenvalue weighted by Gasteiger charge is 2.43. The van der Waals surface area contributed by atoms with Gasteiger partial charge < -0.3 is 9.84 Å². The number of hydrogen-bond donors (Lipinski definition) is 1. The highest BCUT2D eigenvalue weighted by Crippen LogP contribution is 2.36. The van der Waals surface area contributed by atoms with E-state index < -0.39 is 11.2 Å². The molecular formula is C16H18BrNO2. The van der Waals surface area contributed by atoms with Crippen LogP contribution >= 0.6 is 15.9 Å². The molecule has 2 rings (SSSR count). The Kier molecular flexibility index (Phi) is 4.16. The molecule has 0 saturated carbocycles. The number of aliphatic hydroxyl groups is 1. The van der Waals surface area contributed by atoms with Crippen molar-refractivity contribution in [3.05, 3.63) is 58.8 Å².